The van der Waals surface area contributed by atoms with Gasteiger partial charge in [0.15, 0.2) is 0 Å². The molecule has 0 aliphatic heterocycles. The van der Waals surface area contributed by atoms with Gasteiger partial charge >= 0.3 is 0 Å². The van der Waals surface area contributed by atoms with Crippen molar-refractivity contribution in [2.45, 2.75) is 6.42 Å². The van der Waals surface area contributed by atoms with Crippen LogP contribution in [-0.4, -0.2) is 16.1 Å². The summed E-state index contributed by atoms with van der Waals surface area (Å²) in [4.78, 5) is 11.8. The standard InChI is InChI=1S/C13H11N3O2/c17-13(15-12-5-6-14-16-12)7-9-8-18-11-4-2-1-3-10(9)11/h1-6,8H,7H2,(H2,14,15,16,17). The van der Waals surface area contributed by atoms with E-state index in [0.717, 1.165) is 16.5 Å². The number of nitrogens with one attached hydrogen (secondary N) is 2. The number of nitrogens with zero attached hydrogens (tertiary/aromatic N) is 1. The van der Waals surface area contributed by atoms with Crippen molar-refractivity contribution in [3.63, 3.8) is 0 Å². The van der Waals surface area contributed by atoms with E-state index < -0.39 is 0 Å². The van der Waals surface area contributed by atoms with E-state index in [4.69, 9.17) is 4.42 Å². The Morgan fingerprint density at radius 3 is 3.06 bits per heavy atom. The third-order valence-corrected chi connectivity index (χ3v) is 2.69. The van der Waals surface area contributed by atoms with Crippen LogP contribution in [0, 0.1) is 0 Å². The second-order valence-electron chi connectivity index (χ2n) is 3.95. The van der Waals surface area contributed by atoms with Crippen molar-refractivity contribution in [3.05, 3.63) is 48.4 Å². The summed E-state index contributed by atoms with van der Waals surface area (Å²) in [5.74, 6) is 0.485. The average Bonchev–Trinajstić information content (AvgIpc) is 3.00. The number of benzene rings is 1. The second-order valence-corrected chi connectivity index (χ2v) is 3.95. The zero-order valence-electron chi connectivity index (χ0n) is 9.51. The predicted molar refractivity (Wildman–Crippen MR) is 67.1 cm³/mol. The third-order valence-electron chi connectivity index (χ3n) is 2.69. The maximum absolute atomic E-state index is 11.8. The summed E-state index contributed by atoms with van der Waals surface area (Å²) < 4.78 is 5.38. The first-order valence-electron chi connectivity index (χ1n) is 5.57. The molecule has 0 saturated carbocycles. The largest absolute Gasteiger partial charge is 0.464 e. The van der Waals surface area contributed by atoms with E-state index in [9.17, 15) is 4.79 Å². The normalized spacial score (nSPS) is 10.7. The highest BCUT2D eigenvalue weighted by atomic mass is 16.3. The minimum absolute atomic E-state index is 0.106. The van der Waals surface area contributed by atoms with Crippen LogP contribution in [0.25, 0.3) is 11.0 Å². The maximum Gasteiger partial charge on any atom is 0.230 e. The van der Waals surface area contributed by atoms with Gasteiger partial charge in [0.1, 0.15) is 11.4 Å². The van der Waals surface area contributed by atoms with Crippen LogP contribution in [0.3, 0.4) is 0 Å². The summed E-state index contributed by atoms with van der Waals surface area (Å²) >= 11 is 0. The highest BCUT2D eigenvalue weighted by molar-refractivity contribution is 5.94. The maximum atomic E-state index is 11.8. The molecular formula is C13H11N3O2. The molecule has 2 aromatic heterocycles. The number of hydrogen-bond donors (Lipinski definition) is 2. The first kappa shape index (κ1) is 10.6. The summed E-state index contributed by atoms with van der Waals surface area (Å²) in [6.45, 7) is 0. The van der Waals surface area contributed by atoms with E-state index in [-0.39, 0.29) is 12.3 Å². The summed E-state index contributed by atoms with van der Waals surface area (Å²) in [6.07, 6.45) is 3.48. The number of H-pyrrole nitrogens is 1. The van der Waals surface area contributed by atoms with Crippen LogP contribution in [0.4, 0.5) is 5.82 Å². The number of anilines is 1. The van der Waals surface area contributed by atoms with Gasteiger partial charge in [-0.3, -0.25) is 9.89 Å². The van der Waals surface area contributed by atoms with Crippen LogP contribution < -0.4 is 5.32 Å². The topological polar surface area (TPSA) is 70.9 Å². The second kappa shape index (κ2) is 4.37. The SMILES string of the molecule is O=C(Cc1coc2ccccc12)Nc1ccn[nH]1. The van der Waals surface area contributed by atoms with Crippen LogP contribution in [0.1, 0.15) is 5.56 Å². The van der Waals surface area contributed by atoms with Crippen molar-refractivity contribution in [1.82, 2.24) is 10.2 Å². The molecule has 3 rings (SSSR count). The lowest BCUT2D eigenvalue weighted by Gasteiger charge is -2.00. The molecule has 2 heterocycles. The van der Waals surface area contributed by atoms with Gasteiger partial charge in [-0.1, -0.05) is 18.2 Å². The number of amides is 1. The Morgan fingerprint density at radius 1 is 1.33 bits per heavy atom. The van der Waals surface area contributed by atoms with E-state index in [1.807, 2.05) is 24.3 Å². The van der Waals surface area contributed by atoms with Gasteiger partial charge in [0, 0.05) is 17.0 Å². The molecule has 0 saturated heterocycles. The Labute approximate surface area is 103 Å². The Hall–Kier alpha value is -2.56. The highest BCUT2D eigenvalue weighted by Gasteiger charge is 2.10. The van der Waals surface area contributed by atoms with Gasteiger partial charge in [-0.2, -0.15) is 5.10 Å². The fraction of sp³-hybridized carbons (Fsp3) is 0.0769. The Kier molecular flexibility index (Phi) is 2.57. The Morgan fingerprint density at radius 2 is 2.22 bits per heavy atom. The minimum Gasteiger partial charge on any atom is -0.464 e. The molecule has 0 bridgehead atoms. The van der Waals surface area contributed by atoms with Gasteiger partial charge < -0.3 is 9.73 Å². The number of aromatic amines is 1. The molecule has 0 fully saturated rings. The fourth-order valence-electron chi connectivity index (χ4n) is 1.86. The average molecular weight is 241 g/mol. The number of carbonyl (C=O) groups excluding carboxylic acids is 1. The molecule has 2 N–H and O–H groups in total. The zero-order chi connectivity index (χ0) is 12.4. The monoisotopic (exact) mass is 241 g/mol. The van der Waals surface area contributed by atoms with E-state index in [2.05, 4.69) is 15.5 Å². The molecule has 0 aliphatic rings. The van der Waals surface area contributed by atoms with Crippen molar-refractivity contribution in [1.29, 1.82) is 0 Å². The van der Waals surface area contributed by atoms with E-state index in [1.54, 1.807) is 18.5 Å². The number of rotatable bonds is 3. The van der Waals surface area contributed by atoms with Crippen molar-refractivity contribution in [3.8, 4) is 0 Å². The smallest absolute Gasteiger partial charge is 0.230 e. The molecule has 0 radical (unpaired) electrons. The van der Waals surface area contributed by atoms with Crippen molar-refractivity contribution < 1.29 is 9.21 Å². The molecule has 18 heavy (non-hydrogen) atoms. The van der Waals surface area contributed by atoms with Gasteiger partial charge in [-0.15, -0.1) is 0 Å². The van der Waals surface area contributed by atoms with Gasteiger partial charge in [-0.25, -0.2) is 0 Å². The number of furan rings is 1. The molecule has 0 atom stereocenters. The molecule has 1 aromatic carbocycles. The van der Waals surface area contributed by atoms with Crippen molar-refractivity contribution in [2.75, 3.05) is 5.32 Å². The summed E-state index contributed by atoms with van der Waals surface area (Å²) in [6, 6.07) is 9.35. The summed E-state index contributed by atoms with van der Waals surface area (Å²) in [7, 11) is 0. The van der Waals surface area contributed by atoms with E-state index >= 15 is 0 Å². The van der Waals surface area contributed by atoms with Crippen molar-refractivity contribution >= 4 is 22.7 Å². The Balaban J connectivity index is 1.78. The van der Waals surface area contributed by atoms with Crippen LogP contribution in [0.2, 0.25) is 0 Å². The van der Waals surface area contributed by atoms with Gasteiger partial charge in [0.05, 0.1) is 18.9 Å². The number of para-hydroxylation sites is 1. The number of hydrogen-bond acceptors (Lipinski definition) is 3. The third kappa shape index (κ3) is 1.98. The number of carbonyl (C=O) groups is 1. The molecule has 0 spiro atoms. The van der Waals surface area contributed by atoms with Crippen LogP contribution in [0.5, 0.6) is 0 Å². The first-order valence-corrected chi connectivity index (χ1v) is 5.57. The fourth-order valence-corrected chi connectivity index (χ4v) is 1.86. The summed E-state index contributed by atoms with van der Waals surface area (Å²) in [5.41, 5.74) is 1.67. The molecule has 0 aliphatic carbocycles. The number of fused-ring (bicyclic) bond motifs is 1. The Bertz CT molecular complexity index is 670. The lowest BCUT2D eigenvalue weighted by atomic mass is 10.1. The highest BCUT2D eigenvalue weighted by Crippen LogP contribution is 2.21. The van der Waals surface area contributed by atoms with Crippen LogP contribution >= 0.6 is 0 Å². The first-order chi connectivity index (χ1) is 8.83. The molecule has 0 unspecified atom stereocenters. The van der Waals surface area contributed by atoms with E-state index in [0.29, 0.717) is 5.82 Å². The van der Waals surface area contributed by atoms with Crippen LogP contribution in [-0.2, 0) is 11.2 Å². The van der Waals surface area contributed by atoms with Crippen LogP contribution in [0.15, 0.2) is 47.2 Å². The predicted octanol–water partition coefficient (Wildman–Crippen LogP) is 2.34. The number of aromatic nitrogens is 2. The summed E-state index contributed by atoms with van der Waals surface area (Å²) in [5, 5.41) is 10.1. The van der Waals surface area contributed by atoms with Gasteiger partial charge in [0.25, 0.3) is 0 Å². The molecule has 5 heteroatoms. The minimum atomic E-state index is -0.106. The molecule has 5 nitrogen and oxygen atoms in total. The lowest BCUT2D eigenvalue weighted by molar-refractivity contribution is -0.115. The molecule has 3 aromatic rings. The van der Waals surface area contributed by atoms with Gasteiger partial charge in [0.2, 0.25) is 5.91 Å². The zero-order valence-corrected chi connectivity index (χ0v) is 9.51. The van der Waals surface area contributed by atoms with E-state index in [1.165, 1.54) is 0 Å². The quantitative estimate of drug-likeness (QED) is 0.739. The lowest BCUT2D eigenvalue weighted by Crippen LogP contribution is -2.14. The molecular weight excluding hydrogens is 230 g/mol. The molecule has 90 valence electrons. The van der Waals surface area contributed by atoms with Crippen molar-refractivity contribution in [2.24, 2.45) is 0 Å². The van der Waals surface area contributed by atoms with Gasteiger partial charge in [-0.05, 0) is 6.07 Å². The molecule has 1 amide bonds.